The third-order valence-electron chi connectivity index (χ3n) is 3.15. The third kappa shape index (κ3) is 3.55. The van der Waals surface area contributed by atoms with Gasteiger partial charge in [0, 0.05) is 14.2 Å². The van der Waals surface area contributed by atoms with Gasteiger partial charge < -0.3 is 19.3 Å². The van der Waals surface area contributed by atoms with E-state index in [1.54, 1.807) is 21.3 Å². The van der Waals surface area contributed by atoms with Gasteiger partial charge >= 0.3 is 8.56 Å². The second-order valence-corrected chi connectivity index (χ2v) is 7.54. The van der Waals surface area contributed by atoms with Gasteiger partial charge in [0.05, 0.1) is 7.11 Å². The highest BCUT2D eigenvalue weighted by atomic mass is 28.4. The quantitative estimate of drug-likeness (QED) is 0.572. The second kappa shape index (κ2) is 7.53. The number of hydrogen-bond acceptors (Lipinski definition) is 4. The minimum atomic E-state index is -2.30. The van der Waals surface area contributed by atoms with Gasteiger partial charge in [-0.15, -0.1) is 0 Å². The summed E-state index contributed by atoms with van der Waals surface area (Å²) in [5, 5.41) is 1.13. The van der Waals surface area contributed by atoms with E-state index < -0.39 is 8.56 Å². The van der Waals surface area contributed by atoms with Gasteiger partial charge in [-0.05, 0) is 42.7 Å². The summed E-state index contributed by atoms with van der Waals surface area (Å²) in [6.07, 6.45) is 2.02. The van der Waals surface area contributed by atoms with Crippen LogP contribution in [0, 0.1) is 0 Å². The van der Waals surface area contributed by atoms with Crippen molar-refractivity contribution in [2.45, 2.75) is 18.9 Å². The molecule has 0 aliphatic carbocycles. The van der Waals surface area contributed by atoms with E-state index in [2.05, 4.69) is 0 Å². The van der Waals surface area contributed by atoms with Gasteiger partial charge in [-0.3, -0.25) is 0 Å². The monoisotopic (exact) mass is 269 g/mol. The molecule has 0 aliphatic rings. The Morgan fingerprint density at radius 1 is 1.00 bits per heavy atom. The Labute approximate surface area is 110 Å². The van der Waals surface area contributed by atoms with Crippen molar-refractivity contribution in [2.75, 3.05) is 27.9 Å². The average Bonchev–Trinajstić information content (AvgIpc) is 2.44. The predicted octanol–water partition coefficient (Wildman–Crippen LogP) is 1.38. The van der Waals surface area contributed by atoms with Crippen molar-refractivity contribution in [1.29, 1.82) is 0 Å². The van der Waals surface area contributed by atoms with E-state index in [0.717, 1.165) is 29.8 Å². The molecule has 5 heteroatoms. The Balaban J connectivity index is 2.86. The number of hydrogen-bond donors (Lipinski definition) is 1. The van der Waals surface area contributed by atoms with Crippen LogP contribution in [0.1, 0.15) is 12.8 Å². The number of unbranched alkanes of at least 4 members (excludes halogenated alkanes) is 1. The van der Waals surface area contributed by atoms with Crippen LogP contribution in [0.2, 0.25) is 6.04 Å². The van der Waals surface area contributed by atoms with Gasteiger partial charge in [0.1, 0.15) is 5.75 Å². The summed E-state index contributed by atoms with van der Waals surface area (Å²) in [5.74, 6) is 0.843. The van der Waals surface area contributed by atoms with E-state index in [-0.39, 0.29) is 0 Å². The van der Waals surface area contributed by atoms with Crippen molar-refractivity contribution in [2.24, 2.45) is 5.73 Å². The van der Waals surface area contributed by atoms with Crippen molar-refractivity contribution in [3.8, 4) is 5.75 Å². The normalized spacial score (nSPS) is 11.6. The molecule has 102 valence electrons. The SMILES string of the molecule is COc1ccc([Si](CCCCN)(OC)OC)cc1. The molecule has 0 atom stereocenters. The maximum absolute atomic E-state index is 5.73. The molecule has 0 radical (unpaired) electrons. The highest BCUT2D eigenvalue weighted by Gasteiger charge is 2.37. The Morgan fingerprint density at radius 3 is 2.06 bits per heavy atom. The van der Waals surface area contributed by atoms with Gasteiger partial charge in [-0.1, -0.05) is 12.1 Å². The van der Waals surface area contributed by atoms with E-state index in [1.165, 1.54) is 0 Å². The first-order valence-corrected chi connectivity index (χ1v) is 8.19. The maximum Gasteiger partial charge on any atom is 0.371 e. The number of nitrogens with two attached hydrogens (primary N) is 1. The van der Waals surface area contributed by atoms with Gasteiger partial charge in [-0.2, -0.15) is 0 Å². The Kier molecular flexibility index (Phi) is 6.35. The first-order valence-electron chi connectivity index (χ1n) is 6.17. The maximum atomic E-state index is 5.73. The highest BCUT2D eigenvalue weighted by Crippen LogP contribution is 2.17. The molecule has 18 heavy (non-hydrogen) atoms. The molecule has 0 bridgehead atoms. The molecular weight excluding hydrogens is 246 g/mol. The summed E-state index contributed by atoms with van der Waals surface area (Å²) < 4.78 is 16.6. The molecule has 0 fully saturated rings. The zero-order valence-electron chi connectivity index (χ0n) is 11.4. The van der Waals surface area contributed by atoms with Crippen LogP contribution in [0.15, 0.2) is 24.3 Å². The second-order valence-electron chi connectivity index (χ2n) is 4.14. The average molecular weight is 269 g/mol. The third-order valence-corrected chi connectivity index (χ3v) is 6.69. The molecule has 1 aromatic carbocycles. The van der Waals surface area contributed by atoms with Crippen LogP contribution in [0.25, 0.3) is 0 Å². The van der Waals surface area contributed by atoms with Crippen molar-refractivity contribution in [3.63, 3.8) is 0 Å². The fourth-order valence-electron chi connectivity index (χ4n) is 2.01. The molecule has 1 aromatic rings. The topological polar surface area (TPSA) is 53.7 Å². The molecular formula is C13H23NO3Si. The van der Waals surface area contributed by atoms with Crippen molar-refractivity contribution in [3.05, 3.63) is 24.3 Å². The summed E-state index contributed by atoms with van der Waals surface area (Å²) in [4.78, 5) is 0. The number of benzene rings is 1. The molecule has 0 heterocycles. The van der Waals surface area contributed by atoms with Crippen LogP contribution in [-0.2, 0) is 8.85 Å². The van der Waals surface area contributed by atoms with Crippen LogP contribution >= 0.6 is 0 Å². The first kappa shape index (κ1) is 15.2. The van der Waals surface area contributed by atoms with Crippen LogP contribution in [-0.4, -0.2) is 36.4 Å². The molecule has 0 unspecified atom stereocenters. The summed E-state index contributed by atoms with van der Waals surface area (Å²) >= 11 is 0. The summed E-state index contributed by atoms with van der Waals surface area (Å²) in [5.41, 5.74) is 5.53. The molecule has 0 aromatic heterocycles. The van der Waals surface area contributed by atoms with E-state index in [1.807, 2.05) is 24.3 Å². The van der Waals surface area contributed by atoms with Crippen molar-refractivity contribution in [1.82, 2.24) is 0 Å². The van der Waals surface area contributed by atoms with E-state index in [4.69, 9.17) is 19.3 Å². The Bertz CT molecular complexity index is 339. The first-order chi connectivity index (χ1) is 8.72. The molecule has 0 aliphatic heterocycles. The van der Waals surface area contributed by atoms with Gasteiger partial charge in [0.15, 0.2) is 0 Å². The molecule has 0 amide bonds. The number of methoxy groups -OCH3 is 1. The fourth-order valence-corrected chi connectivity index (χ4v) is 4.74. The minimum Gasteiger partial charge on any atom is -0.497 e. The van der Waals surface area contributed by atoms with Crippen LogP contribution in [0.5, 0.6) is 5.75 Å². The fraction of sp³-hybridized carbons (Fsp3) is 0.538. The summed E-state index contributed by atoms with van der Waals surface area (Å²) in [6, 6.07) is 8.86. The molecule has 2 N–H and O–H groups in total. The molecule has 4 nitrogen and oxygen atoms in total. The molecule has 0 saturated heterocycles. The van der Waals surface area contributed by atoms with E-state index in [9.17, 15) is 0 Å². The number of ether oxygens (including phenoxy) is 1. The molecule has 0 saturated carbocycles. The minimum absolute atomic E-state index is 0.709. The van der Waals surface area contributed by atoms with Crippen LogP contribution in [0.3, 0.4) is 0 Å². The zero-order chi connectivity index (χ0) is 13.4. The highest BCUT2D eigenvalue weighted by molar-refractivity contribution is 6.81. The largest absolute Gasteiger partial charge is 0.497 e. The van der Waals surface area contributed by atoms with Crippen molar-refractivity contribution < 1.29 is 13.6 Å². The van der Waals surface area contributed by atoms with Crippen molar-refractivity contribution >= 4 is 13.7 Å². The summed E-state index contributed by atoms with van der Waals surface area (Å²) in [6.45, 7) is 0.709. The number of rotatable bonds is 8. The molecule has 0 spiro atoms. The van der Waals surface area contributed by atoms with E-state index >= 15 is 0 Å². The zero-order valence-corrected chi connectivity index (χ0v) is 12.4. The standard InChI is InChI=1S/C13H23NO3Si/c1-15-12-6-8-13(9-7-12)18(16-2,17-3)11-5-4-10-14/h6-9H,4-5,10-11,14H2,1-3H3. The summed E-state index contributed by atoms with van der Waals surface area (Å²) in [7, 11) is 2.81. The molecule has 1 rings (SSSR count). The van der Waals surface area contributed by atoms with E-state index in [0.29, 0.717) is 6.54 Å². The van der Waals surface area contributed by atoms with Gasteiger partial charge in [-0.25, -0.2) is 0 Å². The Hall–Kier alpha value is -0.883. The predicted molar refractivity (Wildman–Crippen MR) is 75.5 cm³/mol. The lowest BCUT2D eigenvalue weighted by molar-refractivity contribution is 0.256. The van der Waals surface area contributed by atoms with Crippen LogP contribution < -0.4 is 15.7 Å². The lowest BCUT2D eigenvalue weighted by Crippen LogP contribution is -2.52. The lowest BCUT2D eigenvalue weighted by atomic mass is 10.3. The van der Waals surface area contributed by atoms with Crippen LogP contribution in [0.4, 0.5) is 0 Å². The lowest BCUT2D eigenvalue weighted by Gasteiger charge is -2.27. The smallest absolute Gasteiger partial charge is 0.371 e. The van der Waals surface area contributed by atoms with Gasteiger partial charge in [0.25, 0.3) is 0 Å². The Morgan fingerprint density at radius 2 is 1.61 bits per heavy atom. The van der Waals surface area contributed by atoms with Gasteiger partial charge in [0.2, 0.25) is 0 Å².